The van der Waals surface area contributed by atoms with Crippen LogP contribution in [0.5, 0.6) is 15.6 Å². The van der Waals surface area contributed by atoms with Gasteiger partial charge in [0.25, 0.3) is 21.5 Å². The van der Waals surface area contributed by atoms with Crippen molar-refractivity contribution in [2.45, 2.75) is 39.5 Å². The average molecular weight is 1200 g/mol. The Morgan fingerprint density at radius 1 is 0.568 bits per heavy atom. The molecule has 0 aliphatic carbocycles. The van der Waals surface area contributed by atoms with Gasteiger partial charge in [0.2, 0.25) is 0 Å². The number of aliphatic carboxylic acids is 1. The molecule has 2 aliphatic heterocycles. The van der Waals surface area contributed by atoms with Crippen molar-refractivity contribution in [3.63, 3.8) is 0 Å². The van der Waals surface area contributed by atoms with E-state index in [0.717, 1.165) is 72.5 Å². The van der Waals surface area contributed by atoms with Crippen LogP contribution in [0.25, 0.3) is 40.9 Å². The van der Waals surface area contributed by atoms with Crippen molar-refractivity contribution >= 4 is 133 Å². The fourth-order valence-electron chi connectivity index (χ4n) is 7.64. The minimum atomic E-state index is -0.996. The number of carboxylic acid groups (broad SMARTS) is 1. The summed E-state index contributed by atoms with van der Waals surface area (Å²) in [5.74, 6) is -1.95. The summed E-state index contributed by atoms with van der Waals surface area (Å²) in [6.07, 6.45) is 4.53. The van der Waals surface area contributed by atoms with E-state index in [1.54, 1.807) is 13.8 Å². The van der Waals surface area contributed by atoms with Crippen LogP contribution in [0, 0.1) is 0 Å². The maximum atomic E-state index is 12.5. The molecule has 418 valence electrons. The summed E-state index contributed by atoms with van der Waals surface area (Å²) < 4.78 is 29.8. The number of amides is 1. The number of carbonyl (C=O) groups excluding carboxylic acids is 3. The molecule has 0 unspecified atom stereocenters. The SMILES string of the molecule is CCOC(=O)CO.CCOC(=O)COc1nc2ccccc2s1.Clc1nc2ccccc2s1.O=C(COc1nc2ccccc2s1)N1CCCc2ccccc21.O=C(O)COc1nc2ccccc2s1.[H-].[Na+].c1ccc2c(c1)CCCN2. The number of nitrogens with zero attached hydrogens (tertiary/aromatic N) is 5. The zero-order chi connectivity index (χ0) is 56.5. The van der Waals surface area contributed by atoms with Crippen molar-refractivity contribution < 1.29 is 84.1 Å². The second-order valence-electron chi connectivity index (χ2n) is 16.8. The molecule has 17 nitrogen and oxygen atoms in total. The van der Waals surface area contributed by atoms with Gasteiger partial charge in [0.1, 0.15) is 6.61 Å². The van der Waals surface area contributed by atoms with Crippen molar-refractivity contribution in [3.8, 4) is 15.6 Å². The molecule has 6 aromatic carbocycles. The molecule has 0 saturated carbocycles. The number of hydrogen-bond donors (Lipinski definition) is 3. The van der Waals surface area contributed by atoms with Gasteiger partial charge < -0.3 is 45.5 Å². The van der Waals surface area contributed by atoms with Crippen molar-refractivity contribution in [1.29, 1.82) is 0 Å². The van der Waals surface area contributed by atoms with Crippen molar-refractivity contribution in [2.24, 2.45) is 0 Å². The molecule has 12 rings (SSSR count). The number of fused-ring (bicyclic) bond motifs is 6. The Balaban J connectivity index is 0.000000187. The predicted octanol–water partition coefficient (Wildman–Crippen LogP) is 9.31. The van der Waals surface area contributed by atoms with E-state index < -0.39 is 18.5 Å². The second kappa shape index (κ2) is 33.8. The van der Waals surface area contributed by atoms with Gasteiger partial charge in [0.15, 0.2) is 24.3 Å². The largest absolute Gasteiger partial charge is 1.00 e. The number of carbonyl (C=O) groups is 4. The molecule has 4 aromatic heterocycles. The van der Waals surface area contributed by atoms with E-state index in [4.69, 9.17) is 40.8 Å². The maximum absolute atomic E-state index is 12.5. The van der Waals surface area contributed by atoms with Gasteiger partial charge in [-0.1, -0.05) is 131 Å². The maximum Gasteiger partial charge on any atom is 1.00 e. The van der Waals surface area contributed by atoms with E-state index in [0.29, 0.717) is 33.3 Å². The van der Waals surface area contributed by atoms with Crippen LogP contribution < -0.4 is 54.0 Å². The molecule has 0 fully saturated rings. The monoisotopic (exact) mass is 1200 g/mol. The second-order valence-corrected chi connectivity index (χ2v) is 21.4. The van der Waals surface area contributed by atoms with Gasteiger partial charge in [-0.15, -0.1) is 11.3 Å². The summed E-state index contributed by atoms with van der Waals surface area (Å²) >= 11 is 11.4. The number of aromatic nitrogens is 4. The van der Waals surface area contributed by atoms with Gasteiger partial charge in [-0.25, -0.2) is 34.3 Å². The number of nitrogens with one attached hydrogen (secondary N) is 1. The average Bonchev–Trinajstić information content (AvgIpc) is 4.43. The van der Waals surface area contributed by atoms with Gasteiger partial charge in [0, 0.05) is 24.5 Å². The van der Waals surface area contributed by atoms with Crippen LogP contribution in [0.3, 0.4) is 0 Å². The molecule has 0 radical (unpaired) electrons. The topological polar surface area (TPSA) is 222 Å². The zero-order valence-corrected chi connectivity index (χ0v) is 50.7. The van der Waals surface area contributed by atoms with Crippen LogP contribution in [-0.4, -0.2) is 107 Å². The molecule has 10 aromatic rings. The number of thiazole rings is 4. The molecule has 23 heteroatoms. The summed E-state index contributed by atoms with van der Waals surface area (Å²) in [6.45, 7) is 5.09. The molecule has 6 heterocycles. The Labute approximate surface area is 512 Å². The first-order valence-corrected chi connectivity index (χ1v) is 28.9. The van der Waals surface area contributed by atoms with E-state index in [1.807, 2.05) is 120 Å². The molecule has 1 amide bonds. The van der Waals surface area contributed by atoms with Crippen molar-refractivity contribution in [1.82, 2.24) is 19.9 Å². The van der Waals surface area contributed by atoms with E-state index in [-0.39, 0.29) is 62.7 Å². The Kier molecular flexibility index (Phi) is 26.5. The van der Waals surface area contributed by atoms with E-state index in [2.05, 4.69) is 60.3 Å². The van der Waals surface area contributed by atoms with Crippen LogP contribution >= 0.6 is 56.9 Å². The van der Waals surface area contributed by atoms with E-state index in [1.165, 1.54) is 75.0 Å². The first-order chi connectivity index (χ1) is 39.0. The summed E-state index contributed by atoms with van der Waals surface area (Å²) in [6, 6.07) is 47.7. The number of rotatable bonds is 12. The Hall–Kier alpha value is -6.79. The first kappa shape index (κ1) is 63.4. The van der Waals surface area contributed by atoms with Crippen LogP contribution in [-0.2, 0) is 41.5 Å². The molecule has 2 aliphatic rings. The number of ether oxygens (including phenoxy) is 5. The van der Waals surface area contributed by atoms with Crippen LogP contribution in [0.4, 0.5) is 11.4 Å². The van der Waals surface area contributed by atoms with Crippen LogP contribution in [0.2, 0.25) is 4.47 Å². The van der Waals surface area contributed by atoms with E-state index >= 15 is 0 Å². The summed E-state index contributed by atoms with van der Waals surface area (Å²) in [7, 11) is 0. The third kappa shape index (κ3) is 20.3. The van der Waals surface area contributed by atoms with Crippen LogP contribution in [0.15, 0.2) is 146 Å². The van der Waals surface area contributed by atoms with Crippen LogP contribution in [0.1, 0.15) is 39.2 Å². The number of benzene rings is 6. The van der Waals surface area contributed by atoms with E-state index in [9.17, 15) is 19.2 Å². The third-order valence-corrected chi connectivity index (χ3v) is 15.1. The molecule has 3 N–H and O–H groups in total. The number of aryl methyl sites for hydroxylation is 2. The summed E-state index contributed by atoms with van der Waals surface area (Å²) in [4.78, 5) is 62.4. The number of carboxylic acids is 1. The molecule has 0 bridgehead atoms. The smallest absolute Gasteiger partial charge is 1.00 e. The number of aliphatic hydroxyl groups is 1. The first-order valence-electron chi connectivity index (χ1n) is 25.3. The van der Waals surface area contributed by atoms with Crippen molar-refractivity contribution in [3.05, 3.63) is 161 Å². The number of aliphatic hydroxyl groups excluding tert-OH is 1. The minimum absolute atomic E-state index is 0. The van der Waals surface area contributed by atoms with Gasteiger partial charge in [-0.05, 0) is 111 Å². The Morgan fingerprint density at radius 3 is 1.51 bits per heavy atom. The number of anilines is 2. The van der Waals surface area contributed by atoms with Gasteiger partial charge in [0.05, 0.1) is 54.1 Å². The Morgan fingerprint density at radius 2 is 1.01 bits per heavy atom. The molecule has 0 spiro atoms. The Bertz CT molecular complexity index is 3450. The number of hydrogen-bond acceptors (Lipinski definition) is 19. The molecule has 0 atom stereocenters. The van der Waals surface area contributed by atoms with Gasteiger partial charge in [-0.2, -0.15) is 0 Å². The number of para-hydroxylation sites is 6. The molecular formula is C58H58ClN6NaO11S4. The molecular weight excluding hydrogens is 1140 g/mol. The van der Waals surface area contributed by atoms with Gasteiger partial charge >= 0.3 is 47.5 Å². The quantitative estimate of drug-likeness (QED) is 0.0766. The molecule has 0 saturated heterocycles. The predicted molar refractivity (Wildman–Crippen MR) is 319 cm³/mol. The fraction of sp³-hybridized carbons (Fsp3) is 0.241. The van der Waals surface area contributed by atoms with Gasteiger partial charge in [-0.3, -0.25) is 4.79 Å². The van der Waals surface area contributed by atoms with Crippen molar-refractivity contribution in [2.75, 3.05) is 62.9 Å². The number of esters is 2. The number of halogens is 1. The minimum Gasteiger partial charge on any atom is -1.00 e. The normalized spacial score (nSPS) is 11.7. The zero-order valence-electron chi connectivity index (χ0n) is 45.7. The summed E-state index contributed by atoms with van der Waals surface area (Å²) in [5, 5.41) is 21.2. The fourth-order valence-corrected chi connectivity index (χ4v) is 11.1. The standard InChI is InChI=1S/C18H16N2O2S.C11H11NO3S.C9H7NO3S.C9H11N.C7H4ClNS.C4H8O3.Na.H/c21-17(20-11-5-7-13-6-1-3-9-15(13)20)12-22-18-19-14-8-2-4-10-16(14)23-18;1-2-14-10(13)7-15-11-12-8-5-3-4-6-9(8)16-11;11-8(12)5-13-9-10-6-3-1-2-4-7(6)14-9;1-2-6-9-8(4-1)5-3-7-10-9;8-7-9-5-3-1-2-4-6(5)10-7;1-2-7-4(6)3-5;;/h1-4,6,8-10H,5,7,11-12H2;3-6H,2,7H2,1H3;1-4H,5H2,(H,11,12);1-2,4,6,10H,3,5,7H2;1-4H;5H,2-3H2,1H3;;/q;;;;;;+1;-1. The third-order valence-electron chi connectivity index (χ3n) is 11.1. The summed E-state index contributed by atoms with van der Waals surface area (Å²) in [5.41, 5.74) is 8.64. The molecule has 81 heavy (non-hydrogen) atoms.